The van der Waals surface area contributed by atoms with E-state index in [9.17, 15) is 0 Å². The summed E-state index contributed by atoms with van der Waals surface area (Å²) in [5.74, 6) is 2.50. The van der Waals surface area contributed by atoms with Gasteiger partial charge in [0.15, 0.2) is 5.96 Å². The number of para-hydroxylation sites is 1. The lowest BCUT2D eigenvalue weighted by Crippen LogP contribution is -2.41. The Morgan fingerprint density at radius 1 is 1.21 bits per heavy atom. The van der Waals surface area contributed by atoms with Crippen LogP contribution in [0.5, 0.6) is 11.5 Å². The largest absolute Gasteiger partial charge is 0.489 e. The third-order valence-corrected chi connectivity index (χ3v) is 4.71. The fourth-order valence-corrected chi connectivity index (χ4v) is 3.12. The maximum Gasteiger partial charge on any atom is 0.191 e. The van der Waals surface area contributed by atoms with Crippen molar-refractivity contribution in [3.8, 4) is 11.5 Å². The third-order valence-electron chi connectivity index (χ3n) is 4.71. The van der Waals surface area contributed by atoms with Gasteiger partial charge >= 0.3 is 0 Å². The van der Waals surface area contributed by atoms with E-state index in [-0.39, 0.29) is 12.2 Å². The topological polar surface area (TPSA) is 64.1 Å². The predicted molar refractivity (Wildman–Crippen MR) is 116 cm³/mol. The van der Waals surface area contributed by atoms with E-state index >= 15 is 0 Å². The van der Waals surface area contributed by atoms with Crippen molar-refractivity contribution >= 4 is 5.96 Å². The van der Waals surface area contributed by atoms with Gasteiger partial charge in [0.1, 0.15) is 23.7 Å². The number of hydrogen-bond acceptors (Lipinski definition) is 4. The first-order valence-electron chi connectivity index (χ1n) is 10.1. The zero-order valence-corrected chi connectivity index (χ0v) is 17.5. The van der Waals surface area contributed by atoms with E-state index in [1.54, 1.807) is 7.05 Å². The minimum atomic E-state index is 0.0107. The molecule has 1 aliphatic heterocycles. The standard InChI is InChI=1S/C23H31N3O3/c1-17-9-10-19(22(13-17)29-21-11-12-27-16-21)15-26-23(24-3)25-14-18(2)28-20-7-5-4-6-8-20/h4-10,13,18,21H,11-12,14-16H2,1-3H3,(H2,24,25,26). The van der Waals surface area contributed by atoms with Gasteiger partial charge in [-0.25, -0.2) is 0 Å². The molecule has 0 spiro atoms. The molecule has 29 heavy (non-hydrogen) atoms. The van der Waals surface area contributed by atoms with Crippen LogP contribution in [0.3, 0.4) is 0 Å². The van der Waals surface area contributed by atoms with E-state index in [0.717, 1.165) is 36.0 Å². The number of rotatable bonds is 8. The van der Waals surface area contributed by atoms with Crippen LogP contribution in [0.15, 0.2) is 53.5 Å². The summed E-state index contributed by atoms with van der Waals surface area (Å²) in [6, 6.07) is 16.1. The van der Waals surface area contributed by atoms with E-state index in [2.05, 4.69) is 40.7 Å². The molecule has 2 unspecified atom stereocenters. The molecule has 3 rings (SSSR count). The van der Waals surface area contributed by atoms with Gasteiger partial charge in [-0.3, -0.25) is 4.99 Å². The monoisotopic (exact) mass is 397 g/mol. The zero-order valence-electron chi connectivity index (χ0n) is 17.5. The molecule has 0 bridgehead atoms. The van der Waals surface area contributed by atoms with Crippen molar-refractivity contribution in [2.75, 3.05) is 26.8 Å². The minimum absolute atomic E-state index is 0.0107. The summed E-state index contributed by atoms with van der Waals surface area (Å²) in [4.78, 5) is 4.31. The van der Waals surface area contributed by atoms with Gasteiger partial charge in [0.05, 0.1) is 19.8 Å². The maximum atomic E-state index is 6.17. The van der Waals surface area contributed by atoms with Crippen molar-refractivity contribution < 1.29 is 14.2 Å². The molecule has 0 amide bonds. The molecule has 2 aromatic carbocycles. The highest BCUT2D eigenvalue weighted by atomic mass is 16.5. The van der Waals surface area contributed by atoms with Crippen LogP contribution in [0.25, 0.3) is 0 Å². The average molecular weight is 398 g/mol. The lowest BCUT2D eigenvalue weighted by Gasteiger charge is -2.19. The molecule has 1 heterocycles. The van der Waals surface area contributed by atoms with Gasteiger partial charge < -0.3 is 24.8 Å². The number of benzene rings is 2. The summed E-state index contributed by atoms with van der Waals surface area (Å²) in [5.41, 5.74) is 2.27. The summed E-state index contributed by atoms with van der Waals surface area (Å²) in [6.45, 7) is 6.79. The Bertz CT molecular complexity index is 789. The Balaban J connectivity index is 1.51. The van der Waals surface area contributed by atoms with Crippen LogP contribution in [-0.4, -0.2) is 45.0 Å². The van der Waals surface area contributed by atoms with Gasteiger partial charge in [0.25, 0.3) is 0 Å². The molecule has 1 saturated heterocycles. The average Bonchev–Trinajstić information content (AvgIpc) is 3.23. The Kier molecular flexibility index (Phi) is 7.76. The molecule has 6 heteroatoms. The van der Waals surface area contributed by atoms with E-state index in [4.69, 9.17) is 14.2 Å². The van der Waals surface area contributed by atoms with Crippen LogP contribution < -0.4 is 20.1 Å². The predicted octanol–water partition coefficient (Wildman–Crippen LogP) is 3.30. The maximum absolute atomic E-state index is 6.17. The summed E-state index contributed by atoms with van der Waals surface area (Å²) in [7, 11) is 1.76. The summed E-state index contributed by atoms with van der Waals surface area (Å²) >= 11 is 0. The van der Waals surface area contributed by atoms with Crippen molar-refractivity contribution in [1.82, 2.24) is 10.6 Å². The number of guanidine groups is 1. The molecule has 2 N–H and O–H groups in total. The summed E-state index contributed by atoms with van der Waals surface area (Å²) in [5, 5.41) is 6.68. The number of nitrogens with one attached hydrogen (secondary N) is 2. The van der Waals surface area contributed by atoms with Crippen LogP contribution >= 0.6 is 0 Å². The zero-order chi connectivity index (χ0) is 20.5. The molecule has 0 aromatic heterocycles. The van der Waals surface area contributed by atoms with Gasteiger partial charge in [-0.05, 0) is 37.6 Å². The highest BCUT2D eigenvalue weighted by molar-refractivity contribution is 5.79. The molecular formula is C23H31N3O3. The smallest absolute Gasteiger partial charge is 0.191 e. The van der Waals surface area contributed by atoms with Crippen LogP contribution in [0.2, 0.25) is 0 Å². The number of aryl methyl sites for hydroxylation is 1. The third kappa shape index (κ3) is 6.68. The second-order valence-corrected chi connectivity index (χ2v) is 7.26. The van der Waals surface area contributed by atoms with Gasteiger partial charge in [0.2, 0.25) is 0 Å². The Labute approximate surface area is 173 Å². The highest BCUT2D eigenvalue weighted by Gasteiger charge is 2.18. The van der Waals surface area contributed by atoms with Gasteiger partial charge in [-0.15, -0.1) is 0 Å². The first kappa shape index (κ1) is 21.0. The van der Waals surface area contributed by atoms with E-state index in [1.165, 1.54) is 5.56 Å². The molecule has 0 saturated carbocycles. The van der Waals surface area contributed by atoms with Crippen molar-refractivity contribution in [2.45, 2.75) is 39.0 Å². The van der Waals surface area contributed by atoms with Crippen LogP contribution in [0, 0.1) is 6.92 Å². The molecule has 0 radical (unpaired) electrons. The van der Waals surface area contributed by atoms with Crippen LogP contribution in [-0.2, 0) is 11.3 Å². The van der Waals surface area contributed by atoms with Crippen molar-refractivity contribution in [3.05, 3.63) is 59.7 Å². The number of nitrogens with zero attached hydrogens (tertiary/aromatic N) is 1. The molecule has 1 aliphatic rings. The number of hydrogen-bond donors (Lipinski definition) is 2. The Morgan fingerprint density at radius 3 is 2.76 bits per heavy atom. The van der Waals surface area contributed by atoms with E-state index in [0.29, 0.717) is 19.7 Å². The minimum Gasteiger partial charge on any atom is -0.489 e. The SMILES string of the molecule is CN=C(NCc1ccc(C)cc1OC1CCOC1)NCC(C)Oc1ccccc1. The van der Waals surface area contributed by atoms with E-state index < -0.39 is 0 Å². The van der Waals surface area contributed by atoms with Gasteiger partial charge in [-0.1, -0.05) is 30.3 Å². The molecular weight excluding hydrogens is 366 g/mol. The Hall–Kier alpha value is -2.73. The first-order valence-corrected chi connectivity index (χ1v) is 10.1. The molecule has 1 fully saturated rings. The fourth-order valence-electron chi connectivity index (χ4n) is 3.12. The summed E-state index contributed by atoms with van der Waals surface area (Å²) < 4.78 is 17.5. The number of aliphatic imine (C=N–C) groups is 1. The van der Waals surface area contributed by atoms with Crippen LogP contribution in [0.1, 0.15) is 24.5 Å². The van der Waals surface area contributed by atoms with Crippen molar-refractivity contribution in [1.29, 1.82) is 0 Å². The van der Waals surface area contributed by atoms with Crippen molar-refractivity contribution in [2.24, 2.45) is 4.99 Å². The van der Waals surface area contributed by atoms with Crippen LogP contribution in [0.4, 0.5) is 0 Å². The molecule has 0 aliphatic carbocycles. The molecule has 2 aromatic rings. The molecule has 2 atom stereocenters. The highest BCUT2D eigenvalue weighted by Crippen LogP contribution is 2.23. The fraction of sp³-hybridized carbons (Fsp3) is 0.435. The lowest BCUT2D eigenvalue weighted by molar-refractivity contribution is 0.140. The quantitative estimate of drug-likeness (QED) is 0.529. The van der Waals surface area contributed by atoms with E-state index in [1.807, 2.05) is 37.3 Å². The Morgan fingerprint density at radius 2 is 2.03 bits per heavy atom. The second kappa shape index (κ2) is 10.7. The normalized spacial score (nSPS) is 17.6. The molecule has 156 valence electrons. The van der Waals surface area contributed by atoms with Gasteiger partial charge in [0, 0.05) is 25.6 Å². The second-order valence-electron chi connectivity index (χ2n) is 7.26. The van der Waals surface area contributed by atoms with Gasteiger partial charge in [-0.2, -0.15) is 0 Å². The first-order chi connectivity index (χ1) is 14.1. The molecule has 6 nitrogen and oxygen atoms in total. The lowest BCUT2D eigenvalue weighted by atomic mass is 10.1. The van der Waals surface area contributed by atoms with Crippen molar-refractivity contribution in [3.63, 3.8) is 0 Å². The number of ether oxygens (including phenoxy) is 3. The summed E-state index contributed by atoms with van der Waals surface area (Å²) in [6.07, 6.45) is 1.07.